The molecule has 3 heterocycles. The summed E-state index contributed by atoms with van der Waals surface area (Å²) < 4.78 is 12.2. The van der Waals surface area contributed by atoms with Crippen molar-refractivity contribution >= 4 is 17.5 Å². The van der Waals surface area contributed by atoms with Gasteiger partial charge in [-0.25, -0.2) is 19.6 Å². The second-order valence-corrected chi connectivity index (χ2v) is 7.20. The maximum absolute atomic E-state index is 13.3. The van der Waals surface area contributed by atoms with Crippen molar-refractivity contribution in [3.63, 3.8) is 0 Å². The van der Waals surface area contributed by atoms with E-state index in [0.717, 1.165) is 0 Å². The van der Waals surface area contributed by atoms with Gasteiger partial charge >= 0.3 is 11.9 Å². The molecule has 0 bridgehead atoms. The zero-order chi connectivity index (χ0) is 24.9. The number of hydrogen-bond acceptors (Lipinski definition) is 8. The summed E-state index contributed by atoms with van der Waals surface area (Å²) >= 11 is 0. The van der Waals surface area contributed by atoms with Crippen LogP contribution in [-0.4, -0.2) is 39.5 Å². The van der Waals surface area contributed by atoms with E-state index in [9.17, 15) is 20.1 Å². The van der Waals surface area contributed by atoms with E-state index < -0.39 is 11.9 Å². The van der Waals surface area contributed by atoms with Gasteiger partial charge < -0.3 is 13.9 Å². The highest BCUT2D eigenvalue weighted by atomic mass is 16.5. The van der Waals surface area contributed by atoms with E-state index in [1.807, 2.05) is 18.2 Å². The van der Waals surface area contributed by atoms with Crippen LogP contribution in [0.2, 0.25) is 0 Å². The van der Waals surface area contributed by atoms with Crippen molar-refractivity contribution in [2.45, 2.75) is 13.8 Å². The Bertz CT molecular complexity index is 1530. The lowest BCUT2D eigenvalue weighted by Gasteiger charge is -2.12. The minimum absolute atomic E-state index is 0.0181. The molecule has 35 heavy (non-hydrogen) atoms. The van der Waals surface area contributed by atoms with Gasteiger partial charge in [0.05, 0.1) is 30.1 Å². The summed E-state index contributed by atoms with van der Waals surface area (Å²) in [6, 6.07) is 17.9. The second-order valence-electron chi connectivity index (χ2n) is 7.20. The van der Waals surface area contributed by atoms with Crippen molar-refractivity contribution in [1.82, 2.24) is 14.4 Å². The molecular formula is C26H19N5O4. The number of esters is 2. The second kappa shape index (κ2) is 9.86. The number of aromatic nitrogens is 3. The number of fused-ring (bicyclic) bond motifs is 1. The first kappa shape index (κ1) is 23.1. The van der Waals surface area contributed by atoms with Crippen LogP contribution in [0, 0.1) is 22.7 Å². The third kappa shape index (κ3) is 4.07. The molecule has 9 heteroatoms. The highest BCUT2D eigenvalue weighted by Gasteiger charge is 2.33. The van der Waals surface area contributed by atoms with Crippen LogP contribution in [0.5, 0.6) is 0 Å². The lowest BCUT2D eigenvalue weighted by atomic mass is 10.0. The molecule has 4 aromatic rings. The van der Waals surface area contributed by atoms with Crippen molar-refractivity contribution in [1.29, 1.82) is 10.5 Å². The van der Waals surface area contributed by atoms with Gasteiger partial charge in [0.25, 0.3) is 0 Å². The minimum Gasteiger partial charge on any atom is -0.462 e. The molecule has 1 aromatic carbocycles. The lowest BCUT2D eigenvalue weighted by molar-refractivity contribution is 0.0482. The van der Waals surface area contributed by atoms with Crippen LogP contribution in [-0.2, 0) is 9.47 Å². The molecule has 4 rings (SSSR count). The van der Waals surface area contributed by atoms with Crippen LogP contribution in [0.1, 0.15) is 46.0 Å². The molecule has 172 valence electrons. The lowest BCUT2D eigenvalue weighted by Crippen LogP contribution is -2.14. The van der Waals surface area contributed by atoms with Crippen molar-refractivity contribution < 1.29 is 19.1 Å². The number of pyridine rings is 1. The fourth-order valence-electron chi connectivity index (χ4n) is 3.81. The molecule has 0 atom stereocenters. The highest BCUT2D eigenvalue weighted by molar-refractivity contribution is 6.13. The van der Waals surface area contributed by atoms with Gasteiger partial charge in [0, 0.05) is 11.8 Å². The molecule has 0 unspecified atom stereocenters. The van der Waals surface area contributed by atoms with Gasteiger partial charge in [0.1, 0.15) is 29.0 Å². The van der Waals surface area contributed by atoms with Gasteiger partial charge in [-0.05, 0) is 26.0 Å². The van der Waals surface area contributed by atoms with Crippen molar-refractivity contribution in [2.75, 3.05) is 13.2 Å². The summed E-state index contributed by atoms with van der Waals surface area (Å²) in [5.74, 6) is -1.45. The van der Waals surface area contributed by atoms with Crippen LogP contribution in [0.25, 0.3) is 28.2 Å². The normalized spacial score (nSPS) is 10.4. The number of carbonyl (C=O) groups excluding carboxylic acids is 2. The molecule has 0 fully saturated rings. The van der Waals surface area contributed by atoms with Gasteiger partial charge in [-0.15, -0.1) is 0 Å². The third-order valence-corrected chi connectivity index (χ3v) is 5.18. The summed E-state index contributed by atoms with van der Waals surface area (Å²) in [7, 11) is 0. The molecule has 9 nitrogen and oxygen atoms in total. The number of benzene rings is 1. The van der Waals surface area contributed by atoms with E-state index in [4.69, 9.17) is 9.47 Å². The molecular weight excluding hydrogens is 446 g/mol. The maximum Gasteiger partial charge on any atom is 0.341 e. The largest absolute Gasteiger partial charge is 0.462 e. The summed E-state index contributed by atoms with van der Waals surface area (Å²) in [6.45, 7) is 3.49. The van der Waals surface area contributed by atoms with Crippen LogP contribution < -0.4 is 0 Å². The average Bonchev–Trinajstić information content (AvgIpc) is 3.24. The maximum atomic E-state index is 13.3. The number of nitriles is 2. The Labute approximate surface area is 200 Å². The monoisotopic (exact) mass is 465 g/mol. The zero-order valence-electron chi connectivity index (χ0n) is 19.0. The standard InChI is InChI=1S/C26H19N5O4/c1-3-34-25(32)20-19-12-8-9-13-31(19)24(21(20)26(33)35-4-2)23-22(16-10-6-5-7-11-16)29-17(14-27)18(15-28)30-23/h5-13H,3-4H2,1-2H3. The highest BCUT2D eigenvalue weighted by Crippen LogP contribution is 2.37. The Kier molecular flexibility index (Phi) is 6.52. The van der Waals surface area contributed by atoms with Gasteiger partial charge in [-0.2, -0.15) is 10.5 Å². The van der Waals surface area contributed by atoms with Crippen molar-refractivity contribution in [3.05, 3.63) is 77.2 Å². The quantitative estimate of drug-likeness (QED) is 0.388. The fraction of sp³-hybridized carbons (Fsp3) is 0.154. The first-order chi connectivity index (χ1) is 17.0. The molecule has 0 aliphatic rings. The Balaban J connectivity index is 2.20. The molecule has 0 amide bonds. The van der Waals surface area contributed by atoms with Crippen molar-refractivity contribution in [2.24, 2.45) is 0 Å². The Morgan fingerprint density at radius 1 is 0.829 bits per heavy atom. The molecule has 3 aromatic heterocycles. The fourth-order valence-corrected chi connectivity index (χ4v) is 3.81. The Morgan fingerprint density at radius 2 is 1.40 bits per heavy atom. The summed E-state index contributed by atoms with van der Waals surface area (Å²) in [5.41, 5.74) is 1.22. The van der Waals surface area contributed by atoms with Gasteiger partial charge in [0.15, 0.2) is 11.4 Å². The molecule has 0 saturated heterocycles. The summed E-state index contributed by atoms with van der Waals surface area (Å²) in [6.07, 6.45) is 1.66. The van der Waals surface area contributed by atoms with Gasteiger partial charge in [-0.3, -0.25) is 0 Å². The first-order valence-corrected chi connectivity index (χ1v) is 10.8. The molecule has 0 aliphatic carbocycles. The Hall–Kier alpha value is -5.02. The number of hydrogen-bond donors (Lipinski definition) is 0. The number of ether oxygens (including phenoxy) is 2. The minimum atomic E-state index is -0.752. The van der Waals surface area contributed by atoms with Crippen LogP contribution in [0.3, 0.4) is 0 Å². The SMILES string of the molecule is CCOC(=O)c1c(C(=O)OCC)c2ccccn2c1-c1nc(C#N)c(C#N)nc1-c1ccccc1. The predicted molar refractivity (Wildman–Crippen MR) is 125 cm³/mol. The zero-order valence-corrected chi connectivity index (χ0v) is 19.0. The van der Waals surface area contributed by atoms with E-state index in [0.29, 0.717) is 11.1 Å². The molecule has 0 saturated carbocycles. The van der Waals surface area contributed by atoms with Crippen LogP contribution in [0.4, 0.5) is 0 Å². The molecule has 0 radical (unpaired) electrons. The van der Waals surface area contributed by atoms with Crippen LogP contribution >= 0.6 is 0 Å². The van der Waals surface area contributed by atoms with E-state index in [2.05, 4.69) is 9.97 Å². The van der Waals surface area contributed by atoms with Gasteiger partial charge in [0.2, 0.25) is 0 Å². The smallest absolute Gasteiger partial charge is 0.341 e. The number of carbonyl (C=O) groups is 2. The predicted octanol–water partition coefficient (Wildman–Crippen LogP) is 4.16. The topological polar surface area (TPSA) is 130 Å². The van der Waals surface area contributed by atoms with Crippen molar-refractivity contribution in [3.8, 4) is 34.8 Å². The summed E-state index contributed by atoms with van der Waals surface area (Å²) in [4.78, 5) is 35.2. The number of rotatable bonds is 6. The first-order valence-electron chi connectivity index (χ1n) is 10.8. The van der Waals surface area contributed by atoms with E-state index in [1.165, 1.54) is 0 Å². The average molecular weight is 465 g/mol. The molecule has 0 spiro atoms. The van der Waals surface area contributed by atoms with Gasteiger partial charge in [-0.1, -0.05) is 36.4 Å². The molecule has 0 N–H and O–H groups in total. The third-order valence-electron chi connectivity index (χ3n) is 5.18. The molecule has 0 aliphatic heterocycles. The number of nitrogens with zero attached hydrogens (tertiary/aromatic N) is 5. The Morgan fingerprint density at radius 3 is 2.00 bits per heavy atom. The summed E-state index contributed by atoms with van der Waals surface area (Å²) in [5, 5.41) is 19.2. The van der Waals surface area contributed by atoms with E-state index >= 15 is 0 Å². The van der Waals surface area contributed by atoms with E-state index in [-0.39, 0.29) is 52.8 Å². The van der Waals surface area contributed by atoms with E-state index in [1.54, 1.807) is 66.9 Å². The van der Waals surface area contributed by atoms with Crippen LogP contribution in [0.15, 0.2) is 54.7 Å².